The quantitative estimate of drug-likeness (QED) is 0.860. The standard InChI is InChI=1S/C9H8Br2N4O2S/c1-4(2-7(16)17)15-9(12-13-14-15)5-3-6(10)18-8(5)11/h3-4H,2H2,1H3,(H,16,17). The molecule has 0 bridgehead atoms. The summed E-state index contributed by atoms with van der Waals surface area (Å²) >= 11 is 8.33. The third-order valence-corrected chi connectivity index (χ3v) is 4.62. The van der Waals surface area contributed by atoms with E-state index in [0.29, 0.717) is 5.82 Å². The minimum Gasteiger partial charge on any atom is -0.481 e. The van der Waals surface area contributed by atoms with Crippen molar-refractivity contribution in [3.63, 3.8) is 0 Å². The number of aliphatic carboxylic acids is 1. The van der Waals surface area contributed by atoms with Crippen molar-refractivity contribution < 1.29 is 9.90 Å². The van der Waals surface area contributed by atoms with Crippen molar-refractivity contribution in [3.05, 3.63) is 13.6 Å². The van der Waals surface area contributed by atoms with E-state index in [-0.39, 0.29) is 12.5 Å². The number of carboxylic acids is 1. The molecule has 0 saturated carbocycles. The molecule has 2 heterocycles. The summed E-state index contributed by atoms with van der Waals surface area (Å²) in [6.07, 6.45) is -0.0268. The predicted molar refractivity (Wildman–Crippen MR) is 73.5 cm³/mol. The van der Waals surface area contributed by atoms with Crippen molar-refractivity contribution in [2.24, 2.45) is 0 Å². The molecule has 6 nitrogen and oxygen atoms in total. The van der Waals surface area contributed by atoms with Crippen LogP contribution in [-0.4, -0.2) is 31.3 Å². The van der Waals surface area contributed by atoms with Gasteiger partial charge in [0.1, 0.15) is 0 Å². The van der Waals surface area contributed by atoms with Crippen LogP contribution >= 0.6 is 43.2 Å². The van der Waals surface area contributed by atoms with E-state index in [1.807, 2.05) is 6.07 Å². The maximum atomic E-state index is 10.7. The molecule has 9 heteroatoms. The summed E-state index contributed by atoms with van der Waals surface area (Å²) in [5.41, 5.74) is 0.842. The summed E-state index contributed by atoms with van der Waals surface area (Å²) in [5, 5.41) is 20.2. The molecule has 1 atom stereocenters. The molecule has 0 aliphatic carbocycles. The molecule has 1 unspecified atom stereocenters. The highest BCUT2D eigenvalue weighted by molar-refractivity contribution is 9.12. The van der Waals surface area contributed by atoms with Gasteiger partial charge in [0.25, 0.3) is 0 Å². The minimum atomic E-state index is -0.880. The van der Waals surface area contributed by atoms with Crippen LogP contribution in [0.3, 0.4) is 0 Å². The second kappa shape index (κ2) is 5.45. The summed E-state index contributed by atoms with van der Waals surface area (Å²) in [5.74, 6) is -0.327. The van der Waals surface area contributed by atoms with E-state index >= 15 is 0 Å². The molecule has 0 aliphatic rings. The predicted octanol–water partition coefficient (Wildman–Crippen LogP) is 2.96. The van der Waals surface area contributed by atoms with Crippen molar-refractivity contribution in [2.45, 2.75) is 19.4 Å². The number of aromatic nitrogens is 4. The highest BCUT2D eigenvalue weighted by Gasteiger charge is 2.20. The Balaban J connectivity index is 2.38. The lowest BCUT2D eigenvalue weighted by atomic mass is 10.2. The molecule has 0 aromatic carbocycles. The number of carbonyl (C=O) groups is 1. The first-order valence-corrected chi connectivity index (χ1v) is 7.34. The zero-order chi connectivity index (χ0) is 13.3. The van der Waals surface area contributed by atoms with Gasteiger partial charge in [0.2, 0.25) is 0 Å². The van der Waals surface area contributed by atoms with E-state index in [0.717, 1.165) is 13.1 Å². The molecule has 18 heavy (non-hydrogen) atoms. The van der Waals surface area contributed by atoms with Gasteiger partial charge in [-0.05, 0) is 55.3 Å². The molecule has 96 valence electrons. The third kappa shape index (κ3) is 2.78. The Kier molecular flexibility index (Phi) is 4.13. The lowest BCUT2D eigenvalue weighted by molar-refractivity contribution is -0.137. The Hall–Kier alpha value is -0.800. The molecule has 2 rings (SSSR count). The zero-order valence-corrected chi connectivity index (χ0v) is 13.2. The maximum absolute atomic E-state index is 10.7. The van der Waals surface area contributed by atoms with E-state index in [1.165, 1.54) is 16.0 Å². The van der Waals surface area contributed by atoms with E-state index < -0.39 is 5.97 Å². The van der Waals surface area contributed by atoms with Crippen LogP contribution in [0.4, 0.5) is 0 Å². The lowest BCUT2D eigenvalue weighted by Crippen LogP contribution is -2.13. The van der Waals surface area contributed by atoms with E-state index in [4.69, 9.17) is 5.11 Å². The van der Waals surface area contributed by atoms with Crippen LogP contribution in [0.2, 0.25) is 0 Å². The average molecular weight is 396 g/mol. The van der Waals surface area contributed by atoms with Gasteiger partial charge in [-0.15, -0.1) is 16.4 Å². The summed E-state index contributed by atoms with van der Waals surface area (Å²) < 4.78 is 3.37. The fourth-order valence-electron chi connectivity index (χ4n) is 1.50. The summed E-state index contributed by atoms with van der Waals surface area (Å²) in [6, 6.07) is 1.59. The first-order chi connectivity index (χ1) is 8.49. The van der Waals surface area contributed by atoms with Crippen molar-refractivity contribution in [2.75, 3.05) is 0 Å². The number of halogens is 2. The van der Waals surface area contributed by atoms with Crippen molar-refractivity contribution in [1.29, 1.82) is 0 Å². The summed E-state index contributed by atoms with van der Waals surface area (Å²) in [7, 11) is 0. The molecule has 0 fully saturated rings. The van der Waals surface area contributed by atoms with Gasteiger partial charge in [0.05, 0.1) is 20.0 Å². The molecular weight excluding hydrogens is 388 g/mol. The number of rotatable bonds is 4. The molecule has 0 saturated heterocycles. The van der Waals surface area contributed by atoms with Gasteiger partial charge < -0.3 is 5.11 Å². The molecule has 0 radical (unpaired) electrons. The number of hydrogen-bond acceptors (Lipinski definition) is 5. The Bertz CT molecular complexity index is 583. The molecule has 2 aromatic rings. The smallest absolute Gasteiger partial charge is 0.305 e. The van der Waals surface area contributed by atoms with Crippen molar-refractivity contribution in [3.8, 4) is 11.4 Å². The third-order valence-electron chi connectivity index (χ3n) is 2.28. The first-order valence-electron chi connectivity index (χ1n) is 4.94. The molecule has 0 aliphatic heterocycles. The Morgan fingerprint density at radius 2 is 2.33 bits per heavy atom. The first kappa shape index (κ1) is 13.6. The average Bonchev–Trinajstić information content (AvgIpc) is 2.83. The van der Waals surface area contributed by atoms with Gasteiger partial charge in [-0.1, -0.05) is 0 Å². The van der Waals surface area contributed by atoms with Gasteiger partial charge in [0, 0.05) is 5.56 Å². The van der Waals surface area contributed by atoms with Crippen LogP contribution in [0.15, 0.2) is 13.6 Å². The van der Waals surface area contributed by atoms with Crippen molar-refractivity contribution in [1.82, 2.24) is 20.2 Å². The Morgan fingerprint density at radius 1 is 1.61 bits per heavy atom. The molecule has 0 amide bonds. The van der Waals surface area contributed by atoms with Gasteiger partial charge >= 0.3 is 5.97 Å². The Morgan fingerprint density at radius 3 is 2.89 bits per heavy atom. The molecule has 1 N–H and O–H groups in total. The molecule has 0 spiro atoms. The molecule has 2 aromatic heterocycles. The van der Waals surface area contributed by atoms with Crippen LogP contribution in [0.25, 0.3) is 11.4 Å². The SMILES string of the molecule is CC(CC(=O)O)n1nnnc1-c1cc(Br)sc1Br. The number of nitrogens with zero attached hydrogens (tertiary/aromatic N) is 4. The fraction of sp³-hybridized carbons (Fsp3) is 0.333. The van der Waals surface area contributed by atoms with Crippen LogP contribution in [0, 0.1) is 0 Å². The number of tetrazole rings is 1. The van der Waals surface area contributed by atoms with Gasteiger partial charge in [-0.2, -0.15) is 0 Å². The fourth-order valence-corrected chi connectivity index (χ4v) is 4.29. The van der Waals surface area contributed by atoms with Gasteiger partial charge in [-0.25, -0.2) is 4.68 Å². The monoisotopic (exact) mass is 394 g/mol. The highest BCUT2D eigenvalue weighted by Crippen LogP contribution is 2.38. The van der Waals surface area contributed by atoms with Gasteiger partial charge in [-0.3, -0.25) is 4.79 Å². The normalized spacial score (nSPS) is 12.6. The summed E-state index contributed by atoms with van der Waals surface area (Å²) in [6.45, 7) is 1.77. The second-order valence-electron chi connectivity index (χ2n) is 3.63. The van der Waals surface area contributed by atoms with Gasteiger partial charge in [0.15, 0.2) is 5.82 Å². The van der Waals surface area contributed by atoms with E-state index in [1.54, 1.807) is 6.92 Å². The van der Waals surface area contributed by atoms with Crippen LogP contribution < -0.4 is 0 Å². The maximum Gasteiger partial charge on any atom is 0.305 e. The van der Waals surface area contributed by atoms with Crippen molar-refractivity contribution >= 4 is 49.2 Å². The highest BCUT2D eigenvalue weighted by atomic mass is 79.9. The Labute approximate surface area is 123 Å². The zero-order valence-electron chi connectivity index (χ0n) is 9.17. The number of hydrogen-bond donors (Lipinski definition) is 1. The largest absolute Gasteiger partial charge is 0.481 e. The van der Waals surface area contributed by atoms with Crippen LogP contribution in [-0.2, 0) is 4.79 Å². The van der Waals surface area contributed by atoms with E-state index in [2.05, 4.69) is 47.4 Å². The number of thiophene rings is 1. The lowest BCUT2D eigenvalue weighted by Gasteiger charge is -2.10. The number of carboxylic acid groups (broad SMARTS) is 1. The summed E-state index contributed by atoms with van der Waals surface area (Å²) in [4.78, 5) is 10.7. The van der Waals surface area contributed by atoms with Crippen LogP contribution in [0.5, 0.6) is 0 Å². The van der Waals surface area contributed by atoms with E-state index in [9.17, 15) is 4.79 Å². The topological polar surface area (TPSA) is 80.9 Å². The van der Waals surface area contributed by atoms with Crippen LogP contribution in [0.1, 0.15) is 19.4 Å². The minimum absolute atomic E-state index is 0.0268. The molecular formula is C9H8Br2N4O2S. The second-order valence-corrected chi connectivity index (χ2v) is 7.38.